The van der Waals surface area contributed by atoms with E-state index in [2.05, 4.69) is 110 Å². The van der Waals surface area contributed by atoms with Crippen molar-refractivity contribution in [2.45, 2.75) is 52.0 Å². The van der Waals surface area contributed by atoms with E-state index in [1.807, 2.05) is 6.92 Å². The van der Waals surface area contributed by atoms with E-state index in [4.69, 9.17) is 9.40 Å². The molecule has 4 heteroatoms. The first-order valence-corrected chi connectivity index (χ1v) is 14.0. The van der Waals surface area contributed by atoms with E-state index in [1.54, 1.807) is 0 Å². The minimum atomic E-state index is 0.298. The summed E-state index contributed by atoms with van der Waals surface area (Å²) >= 11 is 0. The number of allylic oxidation sites excluding steroid dienone is 2. The minimum Gasteiger partial charge on any atom is -0.437 e. The van der Waals surface area contributed by atoms with Crippen molar-refractivity contribution in [3.05, 3.63) is 113 Å². The zero-order valence-corrected chi connectivity index (χ0v) is 23.2. The Morgan fingerprint density at radius 1 is 1.05 bits per heavy atom. The fraction of sp³-hybridized carbons (Fsp3) is 0.257. The van der Waals surface area contributed by atoms with E-state index in [-0.39, 0.29) is 0 Å². The molecule has 5 heterocycles. The normalized spacial score (nSPS) is 20.1. The molecule has 2 unspecified atom stereocenters. The van der Waals surface area contributed by atoms with Crippen molar-refractivity contribution in [1.82, 2.24) is 9.88 Å². The molecule has 0 radical (unpaired) electrons. The van der Waals surface area contributed by atoms with Crippen LogP contribution < -0.4 is 4.57 Å². The number of rotatable bonds is 0. The van der Waals surface area contributed by atoms with Gasteiger partial charge in [-0.25, -0.2) is 4.98 Å². The highest BCUT2D eigenvalue weighted by Crippen LogP contribution is 2.46. The van der Waals surface area contributed by atoms with Crippen molar-refractivity contribution in [1.29, 1.82) is 0 Å². The molecule has 5 aromatic rings. The molecule has 3 aromatic heterocycles. The van der Waals surface area contributed by atoms with Gasteiger partial charge in [0.2, 0.25) is 11.4 Å². The van der Waals surface area contributed by atoms with Gasteiger partial charge in [0.25, 0.3) is 0 Å². The van der Waals surface area contributed by atoms with Crippen molar-refractivity contribution in [2.24, 2.45) is 0 Å². The van der Waals surface area contributed by atoms with Gasteiger partial charge in [-0.15, -0.1) is 0 Å². The second-order valence-electron chi connectivity index (χ2n) is 11.2. The predicted molar refractivity (Wildman–Crippen MR) is 158 cm³/mol. The average molecular weight is 513 g/mol. The summed E-state index contributed by atoms with van der Waals surface area (Å²) in [7, 11) is 2.15. The molecule has 2 aromatic carbocycles. The molecular weight excluding hydrogens is 478 g/mol. The molecule has 194 valence electrons. The van der Waals surface area contributed by atoms with Gasteiger partial charge in [-0.1, -0.05) is 42.5 Å². The lowest BCUT2D eigenvalue weighted by Crippen LogP contribution is -2.48. The zero-order chi connectivity index (χ0) is 26.8. The van der Waals surface area contributed by atoms with Gasteiger partial charge >= 0.3 is 0 Å². The summed E-state index contributed by atoms with van der Waals surface area (Å²) in [5, 5.41) is 2.19. The van der Waals surface area contributed by atoms with Gasteiger partial charge in [0.1, 0.15) is 5.58 Å². The van der Waals surface area contributed by atoms with Crippen LogP contribution in [0.25, 0.3) is 39.0 Å². The number of pyridine rings is 2. The summed E-state index contributed by atoms with van der Waals surface area (Å²) in [6.45, 7) is 11.0. The second kappa shape index (κ2) is 8.94. The number of furan rings is 1. The van der Waals surface area contributed by atoms with Gasteiger partial charge in [-0.3, -0.25) is 0 Å². The molecular formula is C35H34N3O+. The van der Waals surface area contributed by atoms with Gasteiger partial charge in [-0.2, -0.15) is 4.57 Å². The number of aromatic nitrogens is 2. The van der Waals surface area contributed by atoms with Gasteiger partial charge in [0, 0.05) is 64.1 Å². The number of hydrogen-bond donors (Lipinski definition) is 0. The third-order valence-corrected chi connectivity index (χ3v) is 8.86. The Kier molecular flexibility index (Phi) is 5.48. The van der Waals surface area contributed by atoms with Crippen LogP contribution in [0.2, 0.25) is 0 Å². The fourth-order valence-electron chi connectivity index (χ4n) is 6.89. The van der Waals surface area contributed by atoms with Crippen LogP contribution >= 0.6 is 0 Å². The number of benzene rings is 2. The SMILES string of the molecule is C=C1CC2C(CCc3ccc4c(oc5nc(C)ccc54)c3/C(=C/C)N1C)c1cc(C)ccc1-c1cccc[n+]12. The molecule has 0 aliphatic carbocycles. The molecule has 2 aliphatic rings. The Bertz CT molecular complexity index is 1830. The maximum absolute atomic E-state index is 6.53. The largest absolute Gasteiger partial charge is 0.437 e. The molecule has 2 aliphatic heterocycles. The summed E-state index contributed by atoms with van der Waals surface area (Å²) < 4.78 is 9.02. The topological polar surface area (TPSA) is 33.2 Å². The quantitative estimate of drug-likeness (QED) is 0.197. The predicted octanol–water partition coefficient (Wildman–Crippen LogP) is 8.03. The first kappa shape index (κ1) is 23.9. The summed E-state index contributed by atoms with van der Waals surface area (Å²) in [6, 6.07) is 22.6. The van der Waals surface area contributed by atoms with E-state index < -0.39 is 0 Å². The van der Waals surface area contributed by atoms with Crippen LogP contribution in [0.4, 0.5) is 0 Å². The molecule has 0 amide bonds. The molecule has 0 N–H and O–H groups in total. The molecule has 7 rings (SSSR count). The monoisotopic (exact) mass is 512 g/mol. The van der Waals surface area contributed by atoms with Crippen LogP contribution in [0, 0.1) is 13.8 Å². The highest BCUT2D eigenvalue weighted by molar-refractivity contribution is 6.07. The average Bonchev–Trinajstić information content (AvgIpc) is 3.30. The van der Waals surface area contributed by atoms with Crippen LogP contribution in [-0.4, -0.2) is 16.9 Å². The van der Waals surface area contributed by atoms with Gasteiger partial charge in [-0.05, 0) is 69.0 Å². The Morgan fingerprint density at radius 2 is 1.90 bits per heavy atom. The van der Waals surface area contributed by atoms with Crippen molar-refractivity contribution in [3.63, 3.8) is 0 Å². The number of fused-ring (bicyclic) bond motifs is 11. The molecule has 0 saturated carbocycles. The van der Waals surface area contributed by atoms with Crippen molar-refractivity contribution in [2.75, 3.05) is 7.05 Å². The Labute approximate surface area is 229 Å². The summed E-state index contributed by atoms with van der Waals surface area (Å²) in [4.78, 5) is 6.99. The van der Waals surface area contributed by atoms with E-state index in [0.717, 1.165) is 52.7 Å². The third-order valence-electron chi connectivity index (χ3n) is 8.86. The van der Waals surface area contributed by atoms with E-state index in [0.29, 0.717) is 17.7 Å². The highest BCUT2D eigenvalue weighted by atomic mass is 16.3. The Balaban J connectivity index is 1.45. The zero-order valence-electron chi connectivity index (χ0n) is 23.2. The second-order valence-corrected chi connectivity index (χ2v) is 11.2. The Morgan fingerprint density at radius 3 is 2.74 bits per heavy atom. The van der Waals surface area contributed by atoms with E-state index in [1.165, 1.54) is 33.5 Å². The van der Waals surface area contributed by atoms with Crippen molar-refractivity contribution >= 4 is 27.8 Å². The Hall–Kier alpha value is -4.18. The molecule has 39 heavy (non-hydrogen) atoms. The highest BCUT2D eigenvalue weighted by Gasteiger charge is 2.41. The summed E-state index contributed by atoms with van der Waals surface area (Å²) in [5.74, 6) is 0.376. The lowest BCUT2D eigenvalue weighted by molar-refractivity contribution is -0.718. The number of aryl methyl sites for hydroxylation is 3. The maximum atomic E-state index is 6.53. The molecule has 0 bridgehead atoms. The lowest BCUT2D eigenvalue weighted by Gasteiger charge is -2.35. The standard InChI is InChI=1S/C35H34N3O/c1-6-30-33-24(13-17-27-28-15-11-22(3)36-35(28)39-34(27)33)12-16-26-29-19-21(2)10-14-25(29)31-9-7-8-18-38(31)32(26)20-23(4)37(30)5/h6-11,13-15,17-19,26,32H,4,12,16,20H2,1-3,5H3/q+1/b30-6-. The van der Waals surface area contributed by atoms with Crippen molar-refractivity contribution in [3.8, 4) is 11.3 Å². The lowest BCUT2D eigenvalue weighted by atomic mass is 9.77. The van der Waals surface area contributed by atoms with Crippen LogP contribution in [0.3, 0.4) is 0 Å². The van der Waals surface area contributed by atoms with E-state index >= 15 is 0 Å². The summed E-state index contributed by atoms with van der Waals surface area (Å²) in [6.07, 6.45) is 7.34. The van der Waals surface area contributed by atoms with Gasteiger partial charge in [0.05, 0.1) is 6.42 Å². The van der Waals surface area contributed by atoms with E-state index in [9.17, 15) is 0 Å². The third kappa shape index (κ3) is 3.65. The smallest absolute Gasteiger partial charge is 0.227 e. The van der Waals surface area contributed by atoms with Crippen LogP contribution in [0.15, 0.2) is 89.6 Å². The first-order chi connectivity index (χ1) is 18.9. The van der Waals surface area contributed by atoms with Crippen LogP contribution in [0.1, 0.15) is 59.7 Å². The fourth-order valence-corrected chi connectivity index (χ4v) is 6.89. The van der Waals surface area contributed by atoms with Crippen LogP contribution in [0.5, 0.6) is 0 Å². The van der Waals surface area contributed by atoms with Gasteiger partial charge < -0.3 is 9.32 Å². The molecule has 0 spiro atoms. The van der Waals surface area contributed by atoms with Crippen molar-refractivity contribution < 1.29 is 8.98 Å². The van der Waals surface area contributed by atoms with Crippen LogP contribution in [-0.2, 0) is 6.42 Å². The maximum Gasteiger partial charge on any atom is 0.227 e. The minimum absolute atomic E-state index is 0.298. The molecule has 0 fully saturated rings. The summed E-state index contributed by atoms with van der Waals surface area (Å²) in [5.41, 5.74) is 12.7. The first-order valence-electron chi connectivity index (χ1n) is 14.0. The number of hydrogen-bond acceptors (Lipinski definition) is 3. The molecule has 2 atom stereocenters. The molecule has 0 saturated heterocycles. The number of nitrogens with zero attached hydrogens (tertiary/aromatic N) is 3. The molecule has 4 nitrogen and oxygen atoms in total. The van der Waals surface area contributed by atoms with Gasteiger partial charge in [0.15, 0.2) is 12.2 Å².